The molecule has 2 aromatic heterocycles. The number of rotatable bonds is 4. The molecule has 0 saturated carbocycles. The van der Waals surface area contributed by atoms with Crippen LogP contribution < -0.4 is 0 Å². The third-order valence-electron chi connectivity index (χ3n) is 4.24. The second-order valence-corrected chi connectivity index (χ2v) is 6.56. The van der Waals surface area contributed by atoms with Crippen LogP contribution in [-0.4, -0.2) is 15.2 Å². The molecule has 140 valence electrons. The minimum atomic E-state index is -1.17. The molecule has 0 fully saturated rings. The van der Waals surface area contributed by atoms with Gasteiger partial charge in [0, 0.05) is 40.2 Å². The summed E-state index contributed by atoms with van der Waals surface area (Å²) in [4.78, 5) is 4.01. The van der Waals surface area contributed by atoms with Gasteiger partial charge in [0.05, 0.1) is 5.56 Å². The Morgan fingerprint density at radius 3 is 2.32 bits per heavy atom. The van der Waals surface area contributed by atoms with Crippen molar-refractivity contribution < 1.29 is 18.4 Å². The van der Waals surface area contributed by atoms with Crippen molar-refractivity contribution >= 4 is 11.6 Å². The fourth-order valence-electron chi connectivity index (χ4n) is 2.96. The van der Waals surface area contributed by atoms with E-state index in [-0.39, 0.29) is 22.6 Å². The van der Waals surface area contributed by atoms with Gasteiger partial charge in [-0.3, -0.25) is 4.98 Å². The minimum Gasteiger partial charge on any atom is -0.383 e. The van der Waals surface area contributed by atoms with Gasteiger partial charge >= 0.3 is 0 Å². The lowest BCUT2D eigenvalue weighted by molar-refractivity contribution is 0.220. The first-order valence-corrected chi connectivity index (χ1v) is 8.70. The molecule has 1 atom stereocenters. The van der Waals surface area contributed by atoms with Gasteiger partial charge in [-0.25, -0.2) is 8.78 Å². The molecule has 0 aliphatic rings. The molecule has 0 amide bonds. The maximum atomic E-state index is 13.8. The maximum Gasteiger partial charge on any atom is 0.173 e. The van der Waals surface area contributed by atoms with Gasteiger partial charge in [-0.05, 0) is 42.5 Å². The number of benzene rings is 2. The third kappa shape index (κ3) is 3.52. The number of halogens is 3. The van der Waals surface area contributed by atoms with Crippen molar-refractivity contribution in [3.63, 3.8) is 0 Å². The van der Waals surface area contributed by atoms with Crippen LogP contribution in [0.15, 0.2) is 71.5 Å². The molecule has 0 bridgehead atoms. The normalized spacial score (nSPS) is 12.1. The van der Waals surface area contributed by atoms with E-state index in [0.29, 0.717) is 16.1 Å². The van der Waals surface area contributed by atoms with E-state index in [1.165, 1.54) is 6.20 Å². The minimum absolute atomic E-state index is 0.139. The van der Waals surface area contributed by atoms with E-state index in [0.717, 1.165) is 18.2 Å². The fraction of sp³-hybridized carbons (Fsp3) is 0.0476. The zero-order valence-electron chi connectivity index (χ0n) is 14.3. The van der Waals surface area contributed by atoms with Crippen LogP contribution in [-0.2, 0) is 0 Å². The summed E-state index contributed by atoms with van der Waals surface area (Å²) >= 11 is 5.95. The molecule has 1 N–H and O–H groups in total. The summed E-state index contributed by atoms with van der Waals surface area (Å²) in [6, 6.07) is 13.1. The van der Waals surface area contributed by atoms with Crippen molar-refractivity contribution in [1.29, 1.82) is 0 Å². The molecule has 0 aliphatic carbocycles. The standard InChI is InChI=1S/C21H13ClF2N2O2/c22-15-5-3-12(4-6-15)21-18(20(27)13-2-1-7-25-11-13)19(26-28-21)14-8-16(23)10-17(24)9-14/h1-11,20,27H. The van der Waals surface area contributed by atoms with E-state index >= 15 is 0 Å². The van der Waals surface area contributed by atoms with Gasteiger partial charge < -0.3 is 9.63 Å². The summed E-state index contributed by atoms with van der Waals surface area (Å²) in [5.41, 5.74) is 1.66. The largest absolute Gasteiger partial charge is 0.383 e. The van der Waals surface area contributed by atoms with Crippen molar-refractivity contribution in [3.8, 4) is 22.6 Å². The Kier molecular flexibility index (Phi) is 4.90. The number of hydrogen-bond acceptors (Lipinski definition) is 4. The Bertz CT molecular complexity index is 1090. The summed E-state index contributed by atoms with van der Waals surface area (Å²) in [5.74, 6) is -1.24. The van der Waals surface area contributed by atoms with Gasteiger partial charge in [0.15, 0.2) is 5.76 Å². The highest BCUT2D eigenvalue weighted by molar-refractivity contribution is 6.30. The number of aliphatic hydroxyl groups is 1. The van der Waals surface area contributed by atoms with Crippen LogP contribution in [0.3, 0.4) is 0 Å². The lowest BCUT2D eigenvalue weighted by atomic mass is 9.95. The zero-order chi connectivity index (χ0) is 19.7. The fourth-order valence-corrected chi connectivity index (χ4v) is 3.09. The van der Waals surface area contributed by atoms with E-state index in [2.05, 4.69) is 10.1 Å². The second kappa shape index (κ2) is 7.50. The molecule has 4 rings (SSSR count). The van der Waals surface area contributed by atoms with E-state index < -0.39 is 17.7 Å². The molecular formula is C21H13ClF2N2O2. The van der Waals surface area contributed by atoms with Gasteiger partial charge in [0.1, 0.15) is 23.4 Å². The molecule has 4 aromatic rings. The van der Waals surface area contributed by atoms with E-state index in [1.807, 2.05) is 0 Å². The maximum absolute atomic E-state index is 13.8. The summed E-state index contributed by atoms with van der Waals surface area (Å²) in [6.45, 7) is 0. The molecule has 4 nitrogen and oxygen atoms in total. The molecule has 1 unspecified atom stereocenters. The predicted molar refractivity (Wildman–Crippen MR) is 101 cm³/mol. The van der Waals surface area contributed by atoms with Crippen LogP contribution >= 0.6 is 11.6 Å². The number of aliphatic hydroxyl groups excluding tert-OH is 1. The molecule has 2 aromatic carbocycles. The van der Waals surface area contributed by atoms with Crippen LogP contribution in [0.2, 0.25) is 5.02 Å². The summed E-state index contributed by atoms with van der Waals surface area (Å²) in [7, 11) is 0. The molecule has 0 aliphatic heterocycles. The predicted octanol–water partition coefficient (Wildman–Crippen LogP) is 5.42. The van der Waals surface area contributed by atoms with E-state index in [1.54, 1.807) is 42.6 Å². The summed E-state index contributed by atoms with van der Waals surface area (Å²) in [6.07, 6.45) is 1.90. The molecule has 2 heterocycles. The van der Waals surface area contributed by atoms with Gasteiger partial charge in [0.25, 0.3) is 0 Å². The SMILES string of the molecule is OC(c1cccnc1)c1c(-c2cc(F)cc(F)c2)noc1-c1ccc(Cl)cc1. The number of aromatic nitrogens is 2. The topological polar surface area (TPSA) is 59.2 Å². The summed E-state index contributed by atoms with van der Waals surface area (Å²) in [5, 5.41) is 15.5. The van der Waals surface area contributed by atoms with Gasteiger partial charge in [-0.1, -0.05) is 22.8 Å². The molecule has 28 heavy (non-hydrogen) atoms. The quantitative estimate of drug-likeness (QED) is 0.499. The van der Waals surface area contributed by atoms with Crippen molar-refractivity contribution in [2.75, 3.05) is 0 Å². The van der Waals surface area contributed by atoms with Gasteiger partial charge in [-0.15, -0.1) is 0 Å². The molecule has 0 saturated heterocycles. The van der Waals surface area contributed by atoms with E-state index in [4.69, 9.17) is 16.1 Å². The van der Waals surface area contributed by atoms with Crippen LogP contribution in [0.4, 0.5) is 8.78 Å². The van der Waals surface area contributed by atoms with Crippen molar-refractivity contribution in [2.45, 2.75) is 6.10 Å². The first kappa shape index (κ1) is 18.3. The van der Waals surface area contributed by atoms with Crippen LogP contribution in [0.1, 0.15) is 17.2 Å². The first-order chi connectivity index (χ1) is 13.5. The molecule has 0 radical (unpaired) electrons. The Morgan fingerprint density at radius 1 is 0.964 bits per heavy atom. The van der Waals surface area contributed by atoms with Crippen molar-refractivity contribution in [1.82, 2.24) is 10.1 Å². The third-order valence-corrected chi connectivity index (χ3v) is 4.50. The number of hydrogen-bond donors (Lipinski definition) is 1. The first-order valence-electron chi connectivity index (χ1n) is 8.33. The highest BCUT2D eigenvalue weighted by atomic mass is 35.5. The average Bonchev–Trinajstić information content (AvgIpc) is 3.13. The Morgan fingerprint density at radius 2 is 1.68 bits per heavy atom. The van der Waals surface area contributed by atoms with Gasteiger partial charge in [-0.2, -0.15) is 0 Å². The monoisotopic (exact) mass is 398 g/mol. The molecule has 7 heteroatoms. The Hall–Kier alpha value is -3.09. The number of pyridine rings is 1. The van der Waals surface area contributed by atoms with Crippen molar-refractivity contribution in [2.24, 2.45) is 0 Å². The second-order valence-electron chi connectivity index (χ2n) is 6.13. The van der Waals surface area contributed by atoms with Crippen LogP contribution in [0, 0.1) is 11.6 Å². The van der Waals surface area contributed by atoms with Crippen LogP contribution in [0.25, 0.3) is 22.6 Å². The highest BCUT2D eigenvalue weighted by Gasteiger charge is 2.27. The zero-order valence-corrected chi connectivity index (χ0v) is 15.1. The average molecular weight is 399 g/mol. The smallest absolute Gasteiger partial charge is 0.173 e. The number of nitrogens with zero attached hydrogens (tertiary/aromatic N) is 2. The van der Waals surface area contributed by atoms with Gasteiger partial charge in [0.2, 0.25) is 0 Å². The Labute approximate surface area is 164 Å². The van der Waals surface area contributed by atoms with Crippen molar-refractivity contribution in [3.05, 3.63) is 94.8 Å². The molecule has 0 spiro atoms. The lowest BCUT2D eigenvalue weighted by Crippen LogP contribution is -2.03. The Balaban J connectivity index is 1.93. The summed E-state index contributed by atoms with van der Waals surface area (Å²) < 4.78 is 33.0. The highest BCUT2D eigenvalue weighted by Crippen LogP contribution is 2.39. The molecular weight excluding hydrogens is 386 g/mol. The lowest BCUT2D eigenvalue weighted by Gasteiger charge is -2.12. The van der Waals surface area contributed by atoms with E-state index in [9.17, 15) is 13.9 Å². The van der Waals surface area contributed by atoms with Crippen LogP contribution in [0.5, 0.6) is 0 Å².